The van der Waals surface area contributed by atoms with Crippen LogP contribution in [-0.2, 0) is 0 Å². The molecule has 0 saturated carbocycles. The molecule has 3 aromatic rings. The Morgan fingerprint density at radius 3 is 2.70 bits per heavy atom. The molecule has 8 heteroatoms. The Morgan fingerprint density at radius 1 is 1.19 bits per heavy atom. The molecule has 0 aliphatic heterocycles. The molecule has 0 bridgehead atoms. The number of amides is 2. The molecule has 0 atom stereocenters. The normalized spacial score (nSPS) is 11.3. The lowest BCUT2D eigenvalue weighted by Crippen LogP contribution is -2.17. The second kappa shape index (κ2) is 8.70. The van der Waals surface area contributed by atoms with E-state index in [1.807, 2.05) is 37.3 Å². The van der Waals surface area contributed by atoms with Crippen molar-refractivity contribution in [1.82, 2.24) is 9.78 Å². The Labute approximate surface area is 166 Å². The molecule has 0 radical (unpaired) electrons. The van der Waals surface area contributed by atoms with E-state index in [1.54, 1.807) is 28.9 Å². The summed E-state index contributed by atoms with van der Waals surface area (Å²) in [4.78, 5) is 16.2. The Morgan fingerprint density at radius 2 is 1.96 bits per heavy atom. The molecule has 2 amide bonds. The number of hydrogen-bond acceptors (Lipinski definition) is 3. The minimum Gasteiger partial charge on any atom is -0.478 e. The molecule has 2 aromatic carbocycles. The van der Waals surface area contributed by atoms with Gasteiger partial charge in [-0.25, -0.2) is 9.48 Å². The predicted octanol–water partition coefficient (Wildman–Crippen LogP) is 4.71. The number of anilines is 1. The number of urea groups is 1. The molecule has 6 nitrogen and oxygen atoms in total. The fourth-order valence-electron chi connectivity index (χ4n) is 2.33. The van der Waals surface area contributed by atoms with Crippen molar-refractivity contribution in [1.29, 1.82) is 0 Å². The van der Waals surface area contributed by atoms with Crippen molar-refractivity contribution in [2.24, 2.45) is 4.99 Å². The summed E-state index contributed by atoms with van der Waals surface area (Å²) in [5, 5.41) is 7.88. The zero-order valence-corrected chi connectivity index (χ0v) is 15.9. The number of carbonyl (C=O) groups is 1. The number of ether oxygens (including phenoxy) is 1. The zero-order chi connectivity index (χ0) is 19.2. The topological polar surface area (TPSA) is 68.5 Å². The Bertz CT molecular complexity index is 1020. The highest BCUT2D eigenvalue weighted by atomic mass is 35.5. The molecule has 0 unspecified atom stereocenters. The number of benzene rings is 2. The van der Waals surface area contributed by atoms with Crippen molar-refractivity contribution < 1.29 is 9.53 Å². The smallest absolute Gasteiger partial charge is 0.346 e. The van der Waals surface area contributed by atoms with Gasteiger partial charge in [0, 0.05) is 6.07 Å². The van der Waals surface area contributed by atoms with Crippen molar-refractivity contribution in [3.05, 3.63) is 76.2 Å². The van der Waals surface area contributed by atoms with Crippen molar-refractivity contribution in [3.63, 3.8) is 0 Å². The summed E-state index contributed by atoms with van der Waals surface area (Å²) in [6.45, 7) is 2.31. The van der Waals surface area contributed by atoms with E-state index in [0.717, 1.165) is 5.69 Å². The summed E-state index contributed by atoms with van der Waals surface area (Å²) >= 11 is 12.0. The number of carbonyl (C=O) groups excluding carboxylic acids is 1. The number of para-hydroxylation sites is 1. The fraction of sp³-hybridized carbons (Fsp3) is 0.105. The largest absolute Gasteiger partial charge is 0.478 e. The summed E-state index contributed by atoms with van der Waals surface area (Å²) in [7, 11) is 0. The van der Waals surface area contributed by atoms with E-state index < -0.39 is 6.03 Å². The molecule has 0 aliphatic rings. The van der Waals surface area contributed by atoms with Crippen molar-refractivity contribution in [2.45, 2.75) is 6.92 Å². The summed E-state index contributed by atoms with van der Waals surface area (Å²) in [5.74, 6) is 0.471. The molecule has 27 heavy (non-hydrogen) atoms. The van der Waals surface area contributed by atoms with Crippen molar-refractivity contribution in [2.75, 3.05) is 11.9 Å². The van der Waals surface area contributed by atoms with Gasteiger partial charge < -0.3 is 10.1 Å². The number of nitrogens with one attached hydrogen (secondary N) is 1. The predicted molar refractivity (Wildman–Crippen MR) is 106 cm³/mol. The summed E-state index contributed by atoms with van der Waals surface area (Å²) in [6.07, 6.45) is 1.48. The molecule has 1 heterocycles. The van der Waals surface area contributed by atoms with E-state index >= 15 is 0 Å². The first-order valence-electron chi connectivity index (χ1n) is 8.16. The van der Waals surface area contributed by atoms with E-state index in [-0.39, 0.29) is 5.02 Å². The van der Waals surface area contributed by atoms with Gasteiger partial charge in [-0.3, -0.25) is 0 Å². The van der Waals surface area contributed by atoms with Crippen LogP contribution in [0.25, 0.3) is 5.69 Å². The lowest BCUT2D eigenvalue weighted by molar-refractivity contribution is 0.259. The Balaban J connectivity index is 1.91. The molecule has 3 rings (SSSR count). The van der Waals surface area contributed by atoms with E-state index in [2.05, 4.69) is 15.4 Å². The van der Waals surface area contributed by atoms with Gasteiger partial charge in [0.25, 0.3) is 0 Å². The Hall–Kier alpha value is -2.83. The molecule has 0 spiro atoms. The first kappa shape index (κ1) is 18.9. The zero-order valence-electron chi connectivity index (χ0n) is 14.4. The van der Waals surface area contributed by atoms with Gasteiger partial charge in [0.2, 0.25) is 5.88 Å². The molecule has 0 saturated heterocycles. The van der Waals surface area contributed by atoms with Crippen LogP contribution >= 0.6 is 23.2 Å². The maximum Gasteiger partial charge on any atom is 0.346 e. The van der Waals surface area contributed by atoms with Gasteiger partial charge in [-0.2, -0.15) is 10.1 Å². The van der Waals surface area contributed by atoms with Crippen molar-refractivity contribution >= 4 is 34.9 Å². The second-order valence-electron chi connectivity index (χ2n) is 5.38. The van der Waals surface area contributed by atoms with Crippen LogP contribution in [0.3, 0.4) is 0 Å². The molecule has 0 aliphatic carbocycles. The monoisotopic (exact) mass is 402 g/mol. The standard InChI is InChI=1S/C19H16Cl2N4O2/c1-2-27-17-11-13(12-22-25(17)14-7-4-3-5-8-14)23-19(26)24-16-10-6-9-15(20)18(16)21/h3-12H,2H2,1H3,(H,24,26). The summed E-state index contributed by atoms with van der Waals surface area (Å²) < 4.78 is 7.27. The molecular weight excluding hydrogens is 387 g/mol. The maximum atomic E-state index is 12.2. The summed E-state index contributed by atoms with van der Waals surface area (Å²) in [5.41, 5.74) is 1.22. The van der Waals surface area contributed by atoms with E-state index in [4.69, 9.17) is 27.9 Å². The second-order valence-corrected chi connectivity index (χ2v) is 6.16. The minimum absolute atomic E-state index is 0.255. The van der Waals surface area contributed by atoms with Crippen LogP contribution in [0.15, 0.2) is 65.8 Å². The van der Waals surface area contributed by atoms with E-state index in [0.29, 0.717) is 28.6 Å². The lowest BCUT2D eigenvalue weighted by Gasteiger charge is -2.12. The van der Waals surface area contributed by atoms with Crippen LogP contribution in [-0.4, -0.2) is 22.4 Å². The van der Waals surface area contributed by atoms with Crippen LogP contribution < -0.4 is 15.4 Å². The quantitative estimate of drug-likeness (QED) is 0.686. The third-order valence-corrected chi connectivity index (χ3v) is 4.32. The number of nitrogens with zero attached hydrogens (tertiary/aromatic N) is 3. The molecule has 138 valence electrons. The fourth-order valence-corrected chi connectivity index (χ4v) is 2.68. The van der Waals surface area contributed by atoms with Crippen LogP contribution in [0.5, 0.6) is 5.88 Å². The van der Waals surface area contributed by atoms with Gasteiger partial charge in [-0.05, 0) is 31.2 Å². The highest BCUT2D eigenvalue weighted by molar-refractivity contribution is 6.43. The van der Waals surface area contributed by atoms with Gasteiger partial charge in [-0.1, -0.05) is 47.5 Å². The van der Waals surface area contributed by atoms with E-state index in [1.165, 1.54) is 6.20 Å². The molecular formula is C19H16Cl2N4O2. The van der Waals surface area contributed by atoms with E-state index in [9.17, 15) is 4.79 Å². The lowest BCUT2D eigenvalue weighted by atomic mass is 10.3. The van der Waals surface area contributed by atoms with Gasteiger partial charge in [0.1, 0.15) is 0 Å². The Kier molecular flexibility index (Phi) is 6.11. The van der Waals surface area contributed by atoms with Crippen LogP contribution in [0.4, 0.5) is 10.5 Å². The van der Waals surface area contributed by atoms with Gasteiger partial charge in [0.15, 0.2) is 0 Å². The number of aromatic nitrogens is 2. The van der Waals surface area contributed by atoms with Crippen molar-refractivity contribution in [3.8, 4) is 11.6 Å². The minimum atomic E-state index is -0.596. The number of halogens is 2. The van der Waals surface area contributed by atoms with Crippen LogP contribution in [0.2, 0.25) is 10.0 Å². The van der Waals surface area contributed by atoms with Gasteiger partial charge in [0.05, 0.1) is 39.6 Å². The first-order valence-corrected chi connectivity index (χ1v) is 8.91. The highest BCUT2D eigenvalue weighted by Crippen LogP contribution is 2.29. The van der Waals surface area contributed by atoms with Gasteiger partial charge >= 0.3 is 6.03 Å². The average Bonchev–Trinajstić information content (AvgIpc) is 2.67. The third-order valence-electron chi connectivity index (χ3n) is 3.50. The highest BCUT2D eigenvalue weighted by Gasteiger charge is 2.08. The number of hydrogen-bond donors (Lipinski definition) is 1. The maximum absolute atomic E-state index is 12.2. The average molecular weight is 403 g/mol. The first-order chi connectivity index (χ1) is 13.1. The van der Waals surface area contributed by atoms with Crippen LogP contribution in [0.1, 0.15) is 6.92 Å². The van der Waals surface area contributed by atoms with Crippen LogP contribution in [0, 0.1) is 0 Å². The summed E-state index contributed by atoms with van der Waals surface area (Å²) in [6, 6.07) is 15.5. The third kappa shape index (κ3) is 4.67. The molecule has 1 N–H and O–H groups in total. The molecule has 1 aromatic heterocycles. The molecule has 0 fully saturated rings. The van der Waals surface area contributed by atoms with Gasteiger partial charge in [-0.15, -0.1) is 0 Å². The number of rotatable bonds is 4. The SMILES string of the molecule is CCOc1cc(=NC(=O)Nc2cccc(Cl)c2Cl)cnn1-c1ccccc1.